The highest BCUT2D eigenvalue weighted by molar-refractivity contribution is 6.10. The zero-order chi connectivity index (χ0) is 35.6. The van der Waals surface area contributed by atoms with Gasteiger partial charge in [-0.3, -0.25) is 5.32 Å². The van der Waals surface area contributed by atoms with Crippen LogP contribution in [0.5, 0.6) is 0 Å². The Morgan fingerprint density at radius 2 is 1.06 bits per heavy atom. The van der Waals surface area contributed by atoms with Gasteiger partial charge in [0.25, 0.3) is 0 Å². The second-order valence-electron chi connectivity index (χ2n) is 14.0. The molecular formula is C49H33N3O2. The standard InChI is InChI=1S/C49H33N3O2/c1-2-9-30(10-3-1)32-17-20-33(21-18-32)47-50-48(37-22-19-31-11-4-5-12-34(31)27-37)52-49(51-47)39-14-8-16-45-46(39)41-29-36(24-26-44(41)54-45)35-23-25-43-40(28-35)38-13-6-7-15-42(38)53-43/h1-29,47,49,51H,(H,50,52). The molecule has 10 aromatic rings. The van der Waals surface area contributed by atoms with Crippen molar-refractivity contribution >= 4 is 60.5 Å². The predicted octanol–water partition coefficient (Wildman–Crippen LogP) is 12.3. The monoisotopic (exact) mass is 695 g/mol. The third-order valence-electron chi connectivity index (χ3n) is 10.8. The van der Waals surface area contributed by atoms with Crippen molar-refractivity contribution in [2.45, 2.75) is 12.3 Å². The molecule has 0 radical (unpaired) electrons. The summed E-state index contributed by atoms with van der Waals surface area (Å²) < 4.78 is 12.6. The third kappa shape index (κ3) is 5.17. The highest BCUT2D eigenvalue weighted by atomic mass is 16.3. The van der Waals surface area contributed by atoms with Gasteiger partial charge in [-0.05, 0) is 81.1 Å². The van der Waals surface area contributed by atoms with Crippen molar-refractivity contribution in [1.29, 1.82) is 0 Å². The molecule has 5 nitrogen and oxygen atoms in total. The van der Waals surface area contributed by atoms with Gasteiger partial charge in [0, 0.05) is 32.7 Å². The quantitative estimate of drug-likeness (QED) is 0.188. The van der Waals surface area contributed by atoms with Gasteiger partial charge < -0.3 is 14.2 Å². The fourth-order valence-electron chi connectivity index (χ4n) is 8.04. The summed E-state index contributed by atoms with van der Waals surface area (Å²) in [6.45, 7) is 0. The number of amidine groups is 1. The van der Waals surface area contributed by atoms with E-state index in [-0.39, 0.29) is 12.3 Å². The maximum atomic E-state index is 6.52. The van der Waals surface area contributed by atoms with Crippen LogP contribution in [0.3, 0.4) is 0 Å². The zero-order valence-electron chi connectivity index (χ0n) is 29.2. The number of furan rings is 2. The first-order chi connectivity index (χ1) is 26.7. The largest absolute Gasteiger partial charge is 0.456 e. The van der Waals surface area contributed by atoms with Crippen LogP contribution < -0.4 is 10.6 Å². The van der Waals surface area contributed by atoms with Gasteiger partial charge in [-0.25, -0.2) is 4.99 Å². The van der Waals surface area contributed by atoms with E-state index in [1.807, 2.05) is 18.2 Å². The number of nitrogens with zero attached hydrogens (tertiary/aromatic N) is 1. The lowest BCUT2D eigenvalue weighted by molar-refractivity contribution is 0.411. The van der Waals surface area contributed by atoms with E-state index in [4.69, 9.17) is 13.8 Å². The summed E-state index contributed by atoms with van der Waals surface area (Å²) in [5.41, 5.74) is 11.3. The van der Waals surface area contributed by atoms with E-state index in [2.05, 4.69) is 168 Å². The highest BCUT2D eigenvalue weighted by Crippen LogP contribution is 2.39. The number of para-hydroxylation sites is 1. The van der Waals surface area contributed by atoms with Gasteiger partial charge in [0.15, 0.2) is 0 Å². The minimum absolute atomic E-state index is 0.260. The summed E-state index contributed by atoms with van der Waals surface area (Å²) in [6, 6.07) is 61.7. The number of fused-ring (bicyclic) bond motifs is 7. The average Bonchev–Trinajstić information content (AvgIpc) is 3.81. The smallest absolute Gasteiger partial charge is 0.135 e. The Kier molecular flexibility index (Phi) is 7.00. The van der Waals surface area contributed by atoms with E-state index in [1.54, 1.807) is 0 Å². The highest BCUT2D eigenvalue weighted by Gasteiger charge is 2.28. The first kappa shape index (κ1) is 30.7. The lowest BCUT2D eigenvalue weighted by Gasteiger charge is -2.32. The molecule has 0 bridgehead atoms. The van der Waals surface area contributed by atoms with Crippen LogP contribution in [0.2, 0.25) is 0 Å². The summed E-state index contributed by atoms with van der Waals surface area (Å²) >= 11 is 0. The molecule has 0 saturated heterocycles. The van der Waals surface area contributed by atoms with E-state index in [1.165, 1.54) is 21.9 Å². The Bertz CT molecular complexity index is 3070. The molecule has 2 atom stereocenters. The molecule has 256 valence electrons. The molecule has 0 saturated carbocycles. The minimum atomic E-state index is -0.289. The normalized spacial score (nSPS) is 16.0. The lowest BCUT2D eigenvalue weighted by atomic mass is 9.97. The van der Waals surface area contributed by atoms with Crippen molar-refractivity contribution in [3.63, 3.8) is 0 Å². The van der Waals surface area contributed by atoms with E-state index >= 15 is 0 Å². The number of rotatable bonds is 5. The lowest BCUT2D eigenvalue weighted by Crippen LogP contribution is -2.45. The molecule has 2 unspecified atom stereocenters. The van der Waals surface area contributed by atoms with Crippen molar-refractivity contribution in [3.8, 4) is 22.3 Å². The zero-order valence-corrected chi connectivity index (χ0v) is 29.2. The Balaban J connectivity index is 1.03. The molecule has 0 aliphatic carbocycles. The predicted molar refractivity (Wildman–Crippen MR) is 221 cm³/mol. The summed E-state index contributed by atoms with van der Waals surface area (Å²) in [5, 5.41) is 14.4. The maximum Gasteiger partial charge on any atom is 0.135 e. The van der Waals surface area contributed by atoms with Crippen LogP contribution in [0, 0.1) is 0 Å². The molecule has 0 fully saturated rings. The summed E-state index contributed by atoms with van der Waals surface area (Å²) in [4.78, 5) is 5.30. The van der Waals surface area contributed by atoms with Gasteiger partial charge in [0.05, 0.1) is 0 Å². The fourth-order valence-corrected chi connectivity index (χ4v) is 8.04. The van der Waals surface area contributed by atoms with E-state index in [0.29, 0.717) is 0 Å². The summed E-state index contributed by atoms with van der Waals surface area (Å²) in [6.07, 6.45) is -0.549. The number of nitrogens with one attached hydrogen (secondary N) is 2. The SMILES string of the molecule is c1ccc(-c2ccc(C3N=C(c4ccc5ccccc5c4)NC(c4cccc5oc6ccc(-c7ccc8oc9ccccc9c8c7)cc6c45)N3)cc2)cc1. The van der Waals surface area contributed by atoms with Crippen LogP contribution in [0.25, 0.3) is 76.9 Å². The van der Waals surface area contributed by atoms with Gasteiger partial charge in [-0.2, -0.15) is 0 Å². The number of hydrogen-bond donors (Lipinski definition) is 2. The van der Waals surface area contributed by atoms with E-state index in [9.17, 15) is 0 Å². The Morgan fingerprint density at radius 3 is 1.91 bits per heavy atom. The van der Waals surface area contributed by atoms with Crippen molar-refractivity contribution in [3.05, 3.63) is 193 Å². The average molecular weight is 696 g/mol. The number of hydrogen-bond acceptors (Lipinski definition) is 5. The molecule has 2 aromatic heterocycles. The van der Waals surface area contributed by atoms with E-state index < -0.39 is 0 Å². The number of benzene rings is 8. The molecular weight excluding hydrogens is 663 g/mol. The molecule has 1 aliphatic heterocycles. The van der Waals surface area contributed by atoms with Gasteiger partial charge in [-0.15, -0.1) is 0 Å². The summed E-state index contributed by atoms with van der Waals surface area (Å²) in [7, 11) is 0. The van der Waals surface area contributed by atoms with Crippen LogP contribution in [0.15, 0.2) is 190 Å². The second kappa shape index (κ2) is 12.3. The molecule has 5 heteroatoms. The Morgan fingerprint density at radius 1 is 0.426 bits per heavy atom. The topological polar surface area (TPSA) is 62.7 Å². The third-order valence-corrected chi connectivity index (χ3v) is 10.8. The fraction of sp³-hybridized carbons (Fsp3) is 0.0408. The van der Waals surface area contributed by atoms with Gasteiger partial charge in [-0.1, -0.05) is 133 Å². The molecule has 0 spiro atoms. The molecule has 11 rings (SSSR count). The first-order valence-electron chi connectivity index (χ1n) is 18.3. The van der Waals surface area contributed by atoms with Crippen molar-refractivity contribution in [1.82, 2.24) is 10.6 Å². The molecule has 8 aromatic carbocycles. The van der Waals surface area contributed by atoms with Crippen LogP contribution in [0.1, 0.15) is 29.0 Å². The molecule has 3 heterocycles. The first-order valence-corrected chi connectivity index (χ1v) is 18.3. The number of aliphatic imine (C=N–C) groups is 1. The van der Waals surface area contributed by atoms with Crippen molar-refractivity contribution < 1.29 is 8.83 Å². The van der Waals surface area contributed by atoms with Crippen LogP contribution in [0.4, 0.5) is 0 Å². The molecule has 54 heavy (non-hydrogen) atoms. The van der Waals surface area contributed by atoms with Crippen LogP contribution >= 0.6 is 0 Å². The summed E-state index contributed by atoms with van der Waals surface area (Å²) in [5.74, 6) is 0.841. The van der Waals surface area contributed by atoms with Crippen molar-refractivity contribution in [2.75, 3.05) is 0 Å². The second-order valence-corrected chi connectivity index (χ2v) is 14.0. The maximum absolute atomic E-state index is 6.52. The minimum Gasteiger partial charge on any atom is -0.456 e. The van der Waals surface area contributed by atoms with Crippen LogP contribution in [-0.4, -0.2) is 5.84 Å². The Labute approximate surface area is 311 Å². The van der Waals surface area contributed by atoms with Gasteiger partial charge in [0.1, 0.15) is 40.5 Å². The van der Waals surface area contributed by atoms with Gasteiger partial charge in [0.2, 0.25) is 0 Å². The van der Waals surface area contributed by atoms with Crippen LogP contribution in [-0.2, 0) is 0 Å². The van der Waals surface area contributed by atoms with Crippen molar-refractivity contribution in [2.24, 2.45) is 4.99 Å². The van der Waals surface area contributed by atoms with E-state index in [0.717, 1.165) is 77.5 Å². The Hall–Kier alpha value is -6.95. The molecule has 1 aliphatic rings. The molecule has 0 amide bonds. The van der Waals surface area contributed by atoms with Gasteiger partial charge >= 0.3 is 0 Å². The molecule has 2 N–H and O–H groups in total.